The van der Waals surface area contributed by atoms with Gasteiger partial charge in [-0.1, -0.05) is 0 Å². The SMILES string of the molecule is NCCC(=O)c1cc(F)ccc1N1CCOCC1. The van der Waals surface area contributed by atoms with Gasteiger partial charge in [0.1, 0.15) is 5.82 Å². The molecule has 0 aliphatic carbocycles. The van der Waals surface area contributed by atoms with Crippen molar-refractivity contribution in [1.29, 1.82) is 0 Å². The standard InChI is InChI=1S/C13H17FN2O2/c14-10-1-2-12(16-5-7-18-8-6-16)11(9-10)13(17)3-4-15/h1-2,9H,3-8,15H2. The normalized spacial score (nSPS) is 15.8. The molecule has 0 radical (unpaired) electrons. The molecule has 1 fully saturated rings. The van der Waals surface area contributed by atoms with E-state index in [-0.39, 0.29) is 18.7 Å². The molecule has 18 heavy (non-hydrogen) atoms. The Balaban J connectivity index is 2.30. The topological polar surface area (TPSA) is 55.6 Å². The fourth-order valence-electron chi connectivity index (χ4n) is 2.08. The van der Waals surface area contributed by atoms with Gasteiger partial charge in [0.15, 0.2) is 5.78 Å². The quantitative estimate of drug-likeness (QED) is 0.818. The van der Waals surface area contributed by atoms with Gasteiger partial charge in [0.25, 0.3) is 0 Å². The molecule has 1 saturated heterocycles. The van der Waals surface area contributed by atoms with Crippen molar-refractivity contribution in [3.8, 4) is 0 Å². The lowest BCUT2D eigenvalue weighted by molar-refractivity contribution is 0.0983. The predicted molar refractivity (Wildman–Crippen MR) is 67.4 cm³/mol. The van der Waals surface area contributed by atoms with Gasteiger partial charge in [0.05, 0.1) is 13.2 Å². The number of hydrogen-bond donors (Lipinski definition) is 1. The van der Waals surface area contributed by atoms with Crippen molar-refractivity contribution in [2.24, 2.45) is 5.73 Å². The van der Waals surface area contributed by atoms with Crippen molar-refractivity contribution in [2.75, 3.05) is 37.7 Å². The van der Waals surface area contributed by atoms with E-state index in [4.69, 9.17) is 10.5 Å². The lowest BCUT2D eigenvalue weighted by Crippen LogP contribution is -2.37. The monoisotopic (exact) mass is 252 g/mol. The van der Waals surface area contributed by atoms with Crippen LogP contribution in [0.5, 0.6) is 0 Å². The van der Waals surface area contributed by atoms with Crippen LogP contribution >= 0.6 is 0 Å². The largest absolute Gasteiger partial charge is 0.378 e. The number of hydrogen-bond acceptors (Lipinski definition) is 4. The molecule has 0 aromatic heterocycles. The van der Waals surface area contributed by atoms with Crippen LogP contribution in [0.15, 0.2) is 18.2 Å². The van der Waals surface area contributed by atoms with Crippen molar-refractivity contribution < 1.29 is 13.9 Å². The van der Waals surface area contributed by atoms with Gasteiger partial charge in [-0.15, -0.1) is 0 Å². The second-order valence-electron chi connectivity index (χ2n) is 4.22. The number of rotatable bonds is 4. The van der Waals surface area contributed by atoms with Gasteiger partial charge in [0, 0.05) is 30.8 Å². The molecule has 1 aromatic carbocycles. The molecular weight excluding hydrogens is 235 g/mol. The Morgan fingerprint density at radius 3 is 2.78 bits per heavy atom. The number of halogens is 1. The number of benzene rings is 1. The Morgan fingerprint density at radius 1 is 1.39 bits per heavy atom. The van der Waals surface area contributed by atoms with Crippen LogP contribution in [0.25, 0.3) is 0 Å². The number of carbonyl (C=O) groups is 1. The first-order valence-corrected chi connectivity index (χ1v) is 6.08. The molecule has 0 unspecified atom stereocenters. The Labute approximate surface area is 106 Å². The molecule has 98 valence electrons. The van der Waals surface area contributed by atoms with Gasteiger partial charge in [-0.2, -0.15) is 0 Å². The van der Waals surface area contributed by atoms with E-state index < -0.39 is 5.82 Å². The number of Topliss-reactive ketones (excluding diaryl/α,β-unsaturated/α-hetero) is 1. The summed E-state index contributed by atoms with van der Waals surface area (Å²) >= 11 is 0. The smallest absolute Gasteiger partial charge is 0.166 e. The van der Waals surface area contributed by atoms with E-state index in [1.165, 1.54) is 12.1 Å². The summed E-state index contributed by atoms with van der Waals surface area (Å²) in [5, 5.41) is 0. The van der Waals surface area contributed by atoms with E-state index in [1.807, 2.05) is 4.90 Å². The van der Waals surface area contributed by atoms with E-state index in [2.05, 4.69) is 0 Å². The van der Waals surface area contributed by atoms with Crippen LogP contribution in [0.4, 0.5) is 10.1 Å². The minimum Gasteiger partial charge on any atom is -0.378 e. The lowest BCUT2D eigenvalue weighted by Gasteiger charge is -2.30. The van der Waals surface area contributed by atoms with Crippen molar-refractivity contribution in [3.63, 3.8) is 0 Å². The summed E-state index contributed by atoms with van der Waals surface area (Å²) in [6, 6.07) is 4.33. The number of nitrogens with two attached hydrogens (primary N) is 1. The zero-order valence-electron chi connectivity index (χ0n) is 10.2. The summed E-state index contributed by atoms with van der Waals surface area (Å²) in [6.07, 6.45) is 0.237. The first-order chi connectivity index (χ1) is 8.72. The third kappa shape index (κ3) is 2.86. The number of anilines is 1. The molecule has 2 N–H and O–H groups in total. The second kappa shape index (κ2) is 5.93. The first-order valence-electron chi connectivity index (χ1n) is 6.08. The number of ketones is 1. The summed E-state index contributed by atoms with van der Waals surface area (Å²) < 4.78 is 18.6. The van der Waals surface area contributed by atoms with Crippen LogP contribution in [0.1, 0.15) is 16.8 Å². The molecule has 4 nitrogen and oxygen atoms in total. The molecule has 0 amide bonds. The van der Waals surface area contributed by atoms with Gasteiger partial charge < -0.3 is 15.4 Å². The zero-order valence-corrected chi connectivity index (χ0v) is 10.2. The third-order valence-corrected chi connectivity index (χ3v) is 2.98. The second-order valence-corrected chi connectivity index (χ2v) is 4.22. The van der Waals surface area contributed by atoms with E-state index in [0.29, 0.717) is 31.9 Å². The van der Waals surface area contributed by atoms with Crippen LogP contribution in [-0.4, -0.2) is 38.6 Å². The molecule has 0 atom stereocenters. The molecule has 5 heteroatoms. The highest BCUT2D eigenvalue weighted by molar-refractivity contribution is 6.01. The summed E-state index contributed by atoms with van der Waals surface area (Å²) in [7, 11) is 0. The van der Waals surface area contributed by atoms with Crippen LogP contribution in [-0.2, 0) is 4.74 Å². The van der Waals surface area contributed by atoms with Crippen LogP contribution in [0.3, 0.4) is 0 Å². The minimum absolute atomic E-state index is 0.113. The van der Waals surface area contributed by atoms with E-state index in [9.17, 15) is 9.18 Å². The average Bonchev–Trinajstić information content (AvgIpc) is 2.40. The Kier molecular flexibility index (Phi) is 4.28. The van der Waals surface area contributed by atoms with Gasteiger partial charge in [-0.25, -0.2) is 4.39 Å². The highest BCUT2D eigenvalue weighted by Gasteiger charge is 2.18. The molecule has 1 aliphatic heterocycles. The van der Waals surface area contributed by atoms with Gasteiger partial charge in [0.2, 0.25) is 0 Å². The van der Waals surface area contributed by atoms with Gasteiger partial charge >= 0.3 is 0 Å². The maximum Gasteiger partial charge on any atom is 0.166 e. The summed E-state index contributed by atoms with van der Waals surface area (Å²) in [5.74, 6) is -0.508. The third-order valence-electron chi connectivity index (χ3n) is 2.98. The molecule has 0 saturated carbocycles. The van der Waals surface area contributed by atoms with Crippen LogP contribution in [0, 0.1) is 5.82 Å². The van der Waals surface area contributed by atoms with E-state index in [0.717, 1.165) is 5.69 Å². The molecule has 1 aromatic rings. The summed E-state index contributed by atoms with van der Waals surface area (Å²) in [4.78, 5) is 14.0. The number of morpholine rings is 1. The maximum absolute atomic E-state index is 13.3. The summed E-state index contributed by atoms with van der Waals surface area (Å²) in [6.45, 7) is 2.96. The highest BCUT2D eigenvalue weighted by Crippen LogP contribution is 2.24. The number of ether oxygens (including phenoxy) is 1. The van der Waals surface area contributed by atoms with Crippen molar-refractivity contribution in [2.45, 2.75) is 6.42 Å². The molecule has 1 heterocycles. The fraction of sp³-hybridized carbons (Fsp3) is 0.462. The Bertz CT molecular complexity index is 431. The number of nitrogens with zero attached hydrogens (tertiary/aromatic N) is 1. The Morgan fingerprint density at radius 2 is 2.11 bits per heavy atom. The molecule has 1 aliphatic rings. The zero-order chi connectivity index (χ0) is 13.0. The molecule has 2 rings (SSSR count). The van der Waals surface area contributed by atoms with Crippen molar-refractivity contribution in [1.82, 2.24) is 0 Å². The highest BCUT2D eigenvalue weighted by atomic mass is 19.1. The van der Waals surface area contributed by atoms with Crippen molar-refractivity contribution >= 4 is 11.5 Å². The summed E-state index contributed by atoms with van der Waals surface area (Å²) in [5.41, 5.74) is 6.58. The molecule has 0 bridgehead atoms. The van der Waals surface area contributed by atoms with E-state index >= 15 is 0 Å². The van der Waals surface area contributed by atoms with Crippen LogP contribution < -0.4 is 10.6 Å². The maximum atomic E-state index is 13.3. The van der Waals surface area contributed by atoms with Gasteiger partial charge in [-0.05, 0) is 24.7 Å². The Hall–Kier alpha value is -1.46. The first kappa shape index (κ1) is 13.0. The minimum atomic E-state index is -0.396. The predicted octanol–water partition coefficient (Wildman–Crippen LogP) is 1.19. The fourth-order valence-corrected chi connectivity index (χ4v) is 2.08. The van der Waals surface area contributed by atoms with Gasteiger partial charge in [-0.3, -0.25) is 4.79 Å². The lowest BCUT2D eigenvalue weighted by atomic mass is 10.0. The van der Waals surface area contributed by atoms with Crippen molar-refractivity contribution in [3.05, 3.63) is 29.6 Å². The average molecular weight is 252 g/mol. The number of carbonyl (C=O) groups excluding carboxylic acids is 1. The van der Waals surface area contributed by atoms with Crippen LogP contribution in [0.2, 0.25) is 0 Å². The molecular formula is C13H17FN2O2. The molecule has 0 spiro atoms. The van der Waals surface area contributed by atoms with E-state index in [1.54, 1.807) is 6.07 Å².